The molecule has 0 radical (unpaired) electrons. The zero-order valence-electron chi connectivity index (χ0n) is 13.5. The molecule has 0 bridgehead atoms. The fourth-order valence-corrected chi connectivity index (χ4v) is 1.86. The summed E-state index contributed by atoms with van der Waals surface area (Å²) in [4.78, 5) is 61.3. The minimum Gasteiger partial charge on any atom is -0.465 e. The van der Waals surface area contributed by atoms with Gasteiger partial charge in [0, 0.05) is 5.69 Å². The highest BCUT2D eigenvalue weighted by atomic mass is 16.5. The predicted octanol–water partition coefficient (Wildman–Crippen LogP) is -0.772. The number of esters is 2. The van der Waals surface area contributed by atoms with Gasteiger partial charge in [-0.1, -0.05) is 0 Å². The van der Waals surface area contributed by atoms with Crippen LogP contribution in [0, 0.1) is 0 Å². The van der Waals surface area contributed by atoms with Crippen molar-refractivity contribution in [3.8, 4) is 0 Å². The summed E-state index contributed by atoms with van der Waals surface area (Å²) in [6.45, 7) is -0.689. The quantitative estimate of drug-likeness (QED) is 0.501. The number of hydrogen-bond donors (Lipinski definition) is 4. The first-order valence-corrected chi connectivity index (χ1v) is 7.09. The molecule has 1 aromatic heterocycles. The Balaban J connectivity index is 1.96. The van der Waals surface area contributed by atoms with Gasteiger partial charge in [-0.15, -0.1) is 0 Å². The lowest BCUT2D eigenvalue weighted by Gasteiger charge is -2.08. The summed E-state index contributed by atoms with van der Waals surface area (Å²) in [5.41, 5.74) is 3.06. The number of nitrogens with one attached hydrogen (secondary N) is 3. The highest BCUT2D eigenvalue weighted by Crippen LogP contribution is 2.10. The Kier molecular flexibility index (Phi) is 5.53. The number of amides is 1. The standard InChI is InChI=1S/C15H14N4O7/c1-25-13(22)7-2-4-8(5-3-7)17-9(20)6-26-14(23)11-10(16)12(21)19-15(24)18-11/h2-5H,6,16H2,1H3,(H,17,20)(H2,18,19,21,24). The zero-order chi connectivity index (χ0) is 19.3. The number of rotatable bonds is 5. The molecule has 0 unspecified atom stereocenters. The van der Waals surface area contributed by atoms with Crippen LogP contribution >= 0.6 is 0 Å². The monoisotopic (exact) mass is 362 g/mol. The van der Waals surface area contributed by atoms with Gasteiger partial charge in [-0.05, 0) is 24.3 Å². The number of benzene rings is 1. The van der Waals surface area contributed by atoms with E-state index in [2.05, 4.69) is 10.1 Å². The van der Waals surface area contributed by atoms with E-state index in [4.69, 9.17) is 10.5 Å². The van der Waals surface area contributed by atoms with Crippen LogP contribution in [-0.4, -0.2) is 41.5 Å². The summed E-state index contributed by atoms with van der Waals surface area (Å²) in [5.74, 6) is -2.35. The SMILES string of the molecule is COC(=O)c1ccc(NC(=O)COC(=O)c2[nH]c(=O)[nH]c(=O)c2N)cc1. The van der Waals surface area contributed by atoms with E-state index in [1.807, 2.05) is 9.97 Å². The minimum absolute atomic E-state index is 0.297. The summed E-state index contributed by atoms with van der Waals surface area (Å²) in [6, 6.07) is 5.79. The van der Waals surface area contributed by atoms with Crippen LogP contribution in [0.15, 0.2) is 33.9 Å². The Morgan fingerprint density at radius 2 is 1.73 bits per heavy atom. The van der Waals surface area contributed by atoms with Crippen molar-refractivity contribution in [1.82, 2.24) is 9.97 Å². The van der Waals surface area contributed by atoms with E-state index in [9.17, 15) is 24.0 Å². The average Bonchev–Trinajstić information content (AvgIpc) is 2.62. The lowest BCUT2D eigenvalue weighted by Crippen LogP contribution is -2.30. The van der Waals surface area contributed by atoms with E-state index in [1.165, 1.54) is 31.4 Å². The molecule has 11 nitrogen and oxygen atoms in total. The fourth-order valence-electron chi connectivity index (χ4n) is 1.86. The Morgan fingerprint density at radius 1 is 1.08 bits per heavy atom. The van der Waals surface area contributed by atoms with Crippen molar-refractivity contribution in [1.29, 1.82) is 0 Å². The second-order valence-corrected chi connectivity index (χ2v) is 4.89. The minimum atomic E-state index is -1.14. The van der Waals surface area contributed by atoms with E-state index in [0.29, 0.717) is 11.3 Å². The van der Waals surface area contributed by atoms with Gasteiger partial charge in [0.2, 0.25) is 0 Å². The second-order valence-electron chi connectivity index (χ2n) is 4.89. The molecule has 1 aromatic carbocycles. The number of carbonyl (C=O) groups excluding carboxylic acids is 3. The lowest BCUT2D eigenvalue weighted by molar-refractivity contribution is -0.119. The maximum absolute atomic E-state index is 11.8. The smallest absolute Gasteiger partial charge is 0.357 e. The zero-order valence-corrected chi connectivity index (χ0v) is 13.5. The molecule has 0 fully saturated rings. The molecular weight excluding hydrogens is 348 g/mol. The number of aromatic amines is 2. The number of methoxy groups -OCH3 is 1. The fraction of sp³-hybridized carbons (Fsp3) is 0.133. The molecule has 26 heavy (non-hydrogen) atoms. The molecule has 0 saturated heterocycles. The Hall–Kier alpha value is -3.89. The van der Waals surface area contributed by atoms with E-state index >= 15 is 0 Å². The molecule has 0 saturated carbocycles. The van der Waals surface area contributed by atoms with Gasteiger partial charge in [-0.3, -0.25) is 19.6 Å². The summed E-state index contributed by atoms with van der Waals surface area (Å²) in [7, 11) is 1.24. The third-order valence-electron chi connectivity index (χ3n) is 3.11. The van der Waals surface area contributed by atoms with Crippen LogP contribution in [0.1, 0.15) is 20.8 Å². The van der Waals surface area contributed by atoms with Gasteiger partial charge in [0.1, 0.15) is 5.69 Å². The number of anilines is 2. The topological polar surface area (TPSA) is 173 Å². The largest absolute Gasteiger partial charge is 0.465 e. The molecular formula is C15H14N4O7. The summed E-state index contributed by atoms with van der Waals surface area (Å²) >= 11 is 0. The highest BCUT2D eigenvalue weighted by Gasteiger charge is 2.17. The second kappa shape index (κ2) is 7.79. The summed E-state index contributed by atoms with van der Waals surface area (Å²) in [5, 5.41) is 2.43. The van der Waals surface area contributed by atoms with Crippen LogP contribution in [0.25, 0.3) is 0 Å². The molecule has 136 valence electrons. The molecule has 5 N–H and O–H groups in total. The van der Waals surface area contributed by atoms with E-state index in [1.54, 1.807) is 0 Å². The van der Waals surface area contributed by atoms with Crippen molar-refractivity contribution in [2.24, 2.45) is 0 Å². The summed E-state index contributed by atoms with van der Waals surface area (Å²) < 4.78 is 9.25. The number of hydrogen-bond acceptors (Lipinski definition) is 8. The van der Waals surface area contributed by atoms with Gasteiger partial charge in [-0.25, -0.2) is 14.4 Å². The van der Waals surface area contributed by atoms with Gasteiger partial charge in [-0.2, -0.15) is 0 Å². The van der Waals surface area contributed by atoms with E-state index in [0.717, 1.165) is 0 Å². The molecule has 0 spiro atoms. The van der Waals surface area contributed by atoms with E-state index < -0.39 is 47.1 Å². The number of nitrogens with two attached hydrogens (primary N) is 1. The van der Waals surface area contributed by atoms with Crippen LogP contribution in [0.3, 0.4) is 0 Å². The molecule has 0 aliphatic heterocycles. The maximum atomic E-state index is 11.8. The number of H-pyrrole nitrogens is 2. The highest BCUT2D eigenvalue weighted by molar-refractivity contribution is 5.97. The number of ether oxygens (including phenoxy) is 2. The third kappa shape index (κ3) is 4.35. The van der Waals surface area contributed by atoms with Gasteiger partial charge in [0.25, 0.3) is 11.5 Å². The van der Waals surface area contributed by atoms with Gasteiger partial charge >= 0.3 is 17.6 Å². The van der Waals surface area contributed by atoms with Gasteiger partial charge in [0.05, 0.1) is 12.7 Å². The van der Waals surface area contributed by atoms with Crippen molar-refractivity contribution in [2.75, 3.05) is 24.8 Å². The van der Waals surface area contributed by atoms with Crippen LogP contribution in [0.2, 0.25) is 0 Å². The average molecular weight is 362 g/mol. The molecule has 11 heteroatoms. The van der Waals surface area contributed by atoms with Crippen LogP contribution in [0.5, 0.6) is 0 Å². The van der Waals surface area contributed by atoms with Crippen LogP contribution in [-0.2, 0) is 14.3 Å². The number of aromatic nitrogens is 2. The normalized spacial score (nSPS) is 10.0. The molecule has 0 aliphatic carbocycles. The van der Waals surface area contributed by atoms with Crippen molar-refractivity contribution in [3.63, 3.8) is 0 Å². The third-order valence-corrected chi connectivity index (χ3v) is 3.11. The van der Waals surface area contributed by atoms with E-state index in [-0.39, 0.29) is 0 Å². The lowest BCUT2D eigenvalue weighted by atomic mass is 10.2. The van der Waals surface area contributed by atoms with Crippen molar-refractivity contribution in [3.05, 3.63) is 56.4 Å². The van der Waals surface area contributed by atoms with Gasteiger partial charge in [0.15, 0.2) is 12.3 Å². The van der Waals surface area contributed by atoms with Crippen molar-refractivity contribution < 1.29 is 23.9 Å². The Morgan fingerprint density at radius 3 is 2.35 bits per heavy atom. The Labute approximate surface area is 145 Å². The van der Waals surface area contributed by atoms with Crippen LogP contribution in [0.4, 0.5) is 11.4 Å². The molecule has 0 atom stereocenters. The first-order valence-electron chi connectivity index (χ1n) is 7.09. The number of carbonyl (C=O) groups is 3. The first-order chi connectivity index (χ1) is 12.3. The molecule has 0 aliphatic rings. The molecule has 2 aromatic rings. The predicted molar refractivity (Wildman–Crippen MR) is 88.8 cm³/mol. The number of nitrogen functional groups attached to an aromatic ring is 1. The molecule has 2 rings (SSSR count). The molecule has 1 amide bonds. The van der Waals surface area contributed by atoms with Crippen LogP contribution < -0.4 is 22.3 Å². The Bertz CT molecular complexity index is 959. The first kappa shape index (κ1) is 18.4. The summed E-state index contributed by atoms with van der Waals surface area (Å²) in [6.07, 6.45) is 0. The van der Waals surface area contributed by atoms with Crippen molar-refractivity contribution in [2.45, 2.75) is 0 Å². The molecule has 1 heterocycles. The van der Waals surface area contributed by atoms with Crippen molar-refractivity contribution >= 4 is 29.2 Å². The van der Waals surface area contributed by atoms with Gasteiger partial charge < -0.3 is 20.5 Å². The maximum Gasteiger partial charge on any atom is 0.357 e.